The van der Waals surface area contributed by atoms with E-state index in [9.17, 15) is 9.59 Å². The average molecular weight is 402 g/mol. The molecule has 0 radical (unpaired) electrons. The van der Waals surface area contributed by atoms with Gasteiger partial charge in [-0.25, -0.2) is 0 Å². The maximum atomic E-state index is 12.6. The van der Waals surface area contributed by atoms with Crippen molar-refractivity contribution >= 4 is 45.6 Å². The molecule has 0 bridgehead atoms. The van der Waals surface area contributed by atoms with E-state index < -0.39 is 0 Å². The lowest BCUT2D eigenvalue weighted by Crippen LogP contribution is -2.35. The van der Waals surface area contributed by atoms with Gasteiger partial charge in [-0.15, -0.1) is 5.10 Å². The van der Waals surface area contributed by atoms with Gasteiger partial charge in [0.15, 0.2) is 0 Å². The summed E-state index contributed by atoms with van der Waals surface area (Å²) < 4.78 is 5.80. The van der Waals surface area contributed by atoms with Gasteiger partial charge in [0.2, 0.25) is 0 Å². The van der Waals surface area contributed by atoms with E-state index in [-0.39, 0.29) is 11.5 Å². The van der Waals surface area contributed by atoms with Crippen LogP contribution in [0.3, 0.4) is 0 Å². The van der Waals surface area contributed by atoms with Crippen molar-refractivity contribution in [3.63, 3.8) is 0 Å². The van der Waals surface area contributed by atoms with Crippen LogP contribution in [0.15, 0.2) is 29.1 Å². The summed E-state index contributed by atoms with van der Waals surface area (Å²) in [6.45, 7) is 4.64. The van der Waals surface area contributed by atoms with E-state index in [1.165, 1.54) is 0 Å². The Morgan fingerprint density at radius 3 is 2.78 bits per heavy atom. The summed E-state index contributed by atoms with van der Waals surface area (Å²) in [6.07, 6.45) is 2.65. The van der Waals surface area contributed by atoms with Gasteiger partial charge in [0.05, 0.1) is 16.6 Å². The number of aromatic nitrogens is 4. The Kier molecular flexibility index (Phi) is 4.53. The van der Waals surface area contributed by atoms with Crippen LogP contribution < -0.4 is 5.56 Å². The van der Waals surface area contributed by atoms with Crippen LogP contribution in [0.4, 0.5) is 0 Å². The van der Waals surface area contributed by atoms with Crippen LogP contribution in [0.25, 0.3) is 16.6 Å². The minimum atomic E-state index is -0.289. The molecule has 0 unspecified atom stereocenters. The number of amides is 1. The first-order valence-corrected chi connectivity index (χ1v) is 9.57. The first-order valence-electron chi connectivity index (χ1n) is 8.42. The van der Waals surface area contributed by atoms with Gasteiger partial charge in [-0.3, -0.25) is 9.59 Å². The van der Waals surface area contributed by atoms with Crippen LogP contribution in [0.5, 0.6) is 0 Å². The molecule has 4 rings (SSSR count). The molecular weight excluding hydrogens is 386 g/mol. The standard InChI is InChI=1S/C18H16ClN5O2S/c1-10-16(27-22-21-10)18(26)23-7-5-13(6-8-23)24-11(2)20-17(25)14-9-12(19)3-4-15(14)24/h3-5,9H,6-8H2,1-2H3. The quantitative estimate of drug-likeness (QED) is 0.659. The van der Waals surface area contributed by atoms with Crippen molar-refractivity contribution in [2.45, 2.75) is 20.3 Å². The number of hydrogen-bond donors (Lipinski definition) is 0. The highest BCUT2D eigenvalue weighted by Crippen LogP contribution is 2.25. The molecule has 0 atom stereocenters. The third-order valence-electron chi connectivity index (χ3n) is 4.62. The van der Waals surface area contributed by atoms with Crippen LogP contribution in [-0.4, -0.2) is 43.0 Å². The maximum absolute atomic E-state index is 12.6. The topological polar surface area (TPSA) is 81.0 Å². The second-order valence-electron chi connectivity index (χ2n) is 6.35. The van der Waals surface area contributed by atoms with Gasteiger partial charge in [0.1, 0.15) is 10.7 Å². The van der Waals surface area contributed by atoms with Crippen molar-refractivity contribution in [2.24, 2.45) is 0 Å². The molecule has 0 spiro atoms. The van der Waals surface area contributed by atoms with E-state index in [1.54, 1.807) is 30.9 Å². The van der Waals surface area contributed by atoms with Crippen LogP contribution in [0.2, 0.25) is 5.02 Å². The number of aryl methyl sites for hydroxylation is 2. The Labute approximate surface area is 164 Å². The molecule has 0 fully saturated rings. The van der Waals surface area contributed by atoms with Crippen molar-refractivity contribution in [1.82, 2.24) is 24.0 Å². The first-order chi connectivity index (χ1) is 13.0. The first kappa shape index (κ1) is 17.8. The van der Waals surface area contributed by atoms with Gasteiger partial charge in [0.25, 0.3) is 11.5 Å². The SMILES string of the molecule is Cc1nnsc1C(=O)N1CC=C(n2c(C)nc(=O)c3cc(Cl)ccc32)CC1. The Morgan fingerprint density at radius 2 is 2.11 bits per heavy atom. The largest absolute Gasteiger partial charge is 0.334 e. The molecule has 1 aliphatic rings. The predicted octanol–water partition coefficient (Wildman–Crippen LogP) is 2.91. The van der Waals surface area contributed by atoms with Gasteiger partial charge < -0.3 is 9.47 Å². The van der Waals surface area contributed by atoms with Gasteiger partial charge in [0, 0.05) is 30.2 Å². The molecule has 3 heterocycles. The summed E-state index contributed by atoms with van der Waals surface area (Å²) >= 11 is 7.16. The lowest BCUT2D eigenvalue weighted by Gasteiger charge is -2.28. The van der Waals surface area contributed by atoms with Crippen LogP contribution in [0.1, 0.15) is 27.6 Å². The zero-order valence-corrected chi connectivity index (χ0v) is 16.3. The van der Waals surface area contributed by atoms with E-state index in [1.807, 2.05) is 16.7 Å². The smallest absolute Gasteiger partial charge is 0.280 e. The predicted molar refractivity (Wildman–Crippen MR) is 105 cm³/mol. The highest BCUT2D eigenvalue weighted by atomic mass is 35.5. The minimum Gasteiger partial charge on any atom is -0.334 e. The van der Waals surface area contributed by atoms with Crippen molar-refractivity contribution < 1.29 is 4.79 Å². The second kappa shape index (κ2) is 6.86. The third kappa shape index (κ3) is 3.15. The van der Waals surface area contributed by atoms with Gasteiger partial charge in [-0.1, -0.05) is 16.1 Å². The Bertz CT molecular complexity index is 1150. The monoisotopic (exact) mass is 401 g/mol. The number of halogens is 1. The fourth-order valence-corrected chi connectivity index (χ4v) is 4.08. The molecule has 0 N–H and O–H groups in total. The van der Waals surface area contributed by atoms with Crippen LogP contribution >= 0.6 is 23.1 Å². The zero-order chi connectivity index (χ0) is 19.1. The lowest BCUT2D eigenvalue weighted by atomic mass is 10.1. The highest BCUT2D eigenvalue weighted by molar-refractivity contribution is 7.07. The summed E-state index contributed by atoms with van der Waals surface area (Å²) in [5, 5.41) is 4.89. The Morgan fingerprint density at radius 1 is 1.30 bits per heavy atom. The zero-order valence-electron chi connectivity index (χ0n) is 14.8. The van der Waals surface area contributed by atoms with E-state index in [2.05, 4.69) is 14.6 Å². The molecule has 1 aromatic carbocycles. The van der Waals surface area contributed by atoms with Crippen molar-refractivity contribution in [3.8, 4) is 0 Å². The average Bonchev–Trinajstić information content (AvgIpc) is 3.08. The van der Waals surface area contributed by atoms with Crippen molar-refractivity contribution in [1.29, 1.82) is 0 Å². The molecule has 0 aliphatic carbocycles. The lowest BCUT2D eigenvalue weighted by molar-refractivity contribution is 0.0776. The number of fused-ring (bicyclic) bond motifs is 1. The molecule has 1 aliphatic heterocycles. The normalized spacial score (nSPS) is 14.5. The number of rotatable bonds is 2. The van der Waals surface area contributed by atoms with E-state index in [4.69, 9.17) is 11.6 Å². The summed E-state index contributed by atoms with van der Waals surface area (Å²) in [5.74, 6) is 0.563. The molecule has 27 heavy (non-hydrogen) atoms. The van der Waals surface area contributed by atoms with Gasteiger partial charge >= 0.3 is 0 Å². The summed E-state index contributed by atoms with van der Waals surface area (Å²) in [5.41, 5.74) is 2.15. The highest BCUT2D eigenvalue weighted by Gasteiger charge is 2.24. The number of carbonyl (C=O) groups excluding carboxylic acids is 1. The molecule has 9 heteroatoms. The van der Waals surface area contributed by atoms with Gasteiger partial charge in [-0.2, -0.15) is 4.98 Å². The molecule has 3 aromatic rings. The van der Waals surface area contributed by atoms with E-state index in [0.29, 0.717) is 46.3 Å². The number of benzene rings is 1. The molecule has 138 valence electrons. The summed E-state index contributed by atoms with van der Waals surface area (Å²) in [7, 11) is 0. The van der Waals surface area contributed by atoms with Gasteiger partial charge in [-0.05, 0) is 49.7 Å². The summed E-state index contributed by atoms with van der Waals surface area (Å²) in [6, 6.07) is 5.23. The number of carbonyl (C=O) groups is 1. The minimum absolute atomic E-state index is 0.0517. The number of nitrogens with zero attached hydrogens (tertiary/aromatic N) is 5. The van der Waals surface area contributed by atoms with Crippen molar-refractivity contribution in [2.75, 3.05) is 13.1 Å². The Hall–Kier alpha value is -2.58. The molecule has 0 saturated heterocycles. The van der Waals surface area contributed by atoms with Crippen molar-refractivity contribution in [3.05, 3.63) is 56.0 Å². The fraction of sp³-hybridized carbons (Fsp3) is 0.278. The molecule has 1 amide bonds. The molecular formula is C18H16ClN5O2S. The van der Waals surface area contributed by atoms with Crippen LogP contribution in [-0.2, 0) is 0 Å². The molecule has 2 aromatic heterocycles. The summed E-state index contributed by atoms with van der Waals surface area (Å²) in [4.78, 5) is 31.4. The maximum Gasteiger partial charge on any atom is 0.280 e. The van der Waals surface area contributed by atoms with E-state index in [0.717, 1.165) is 22.7 Å². The second-order valence-corrected chi connectivity index (χ2v) is 7.54. The van der Waals surface area contributed by atoms with E-state index >= 15 is 0 Å². The Balaban J connectivity index is 1.70. The molecule has 0 saturated carbocycles. The molecule has 7 nitrogen and oxygen atoms in total. The number of hydrogen-bond acceptors (Lipinski definition) is 6. The fourth-order valence-electron chi connectivity index (χ4n) is 3.29. The van der Waals surface area contributed by atoms with Crippen LogP contribution in [0, 0.1) is 13.8 Å². The third-order valence-corrected chi connectivity index (χ3v) is 5.67.